The summed E-state index contributed by atoms with van der Waals surface area (Å²) in [6.45, 7) is 10.9. The summed E-state index contributed by atoms with van der Waals surface area (Å²) in [5.41, 5.74) is 0.480. The molecule has 6 nitrogen and oxygen atoms in total. The van der Waals surface area contributed by atoms with Gasteiger partial charge >= 0.3 is 0 Å². The zero-order valence-corrected chi connectivity index (χ0v) is 35.6. The van der Waals surface area contributed by atoms with E-state index in [1.165, 1.54) is 25.7 Å². The predicted molar refractivity (Wildman–Crippen MR) is 232 cm³/mol. The van der Waals surface area contributed by atoms with Crippen LogP contribution in [0.3, 0.4) is 0 Å². The van der Waals surface area contributed by atoms with Crippen LogP contribution in [0.4, 0.5) is 0 Å². The molecule has 0 aromatic heterocycles. The Bertz CT molecular complexity index is 1430. The third kappa shape index (κ3) is 11.7. The van der Waals surface area contributed by atoms with Gasteiger partial charge in [0.15, 0.2) is 0 Å². The summed E-state index contributed by atoms with van der Waals surface area (Å²) in [6, 6.07) is 0.0511. The van der Waals surface area contributed by atoms with Gasteiger partial charge in [0.1, 0.15) is 0 Å². The van der Waals surface area contributed by atoms with Crippen molar-refractivity contribution in [2.75, 3.05) is 13.1 Å². The molecule has 11 atom stereocenters. The van der Waals surface area contributed by atoms with E-state index in [-0.39, 0.29) is 40.9 Å². The van der Waals surface area contributed by atoms with E-state index in [0.29, 0.717) is 54.9 Å². The van der Waals surface area contributed by atoms with Gasteiger partial charge in [-0.1, -0.05) is 101 Å². The quantitative estimate of drug-likeness (QED) is 0.114. The Hall–Kier alpha value is -2.70. The third-order valence-electron chi connectivity index (χ3n) is 15.3. The molecular formula is C50H78N2O4. The van der Waals surface area contributed by atoms with Crippen molar-refractivity contribution in [3.63, 3.8) is 0 Å². The number of allylic oxidation sites excluding steroid dienone is 12. The van der Waals surface area contributed by atoms with Crippen LogP contribution in [0.1, 0.15) is 150 Å². The summed E-state index contributed by atoms with van der Waals surface area (Å²) in [7, 11) is 0. The molecule has 0 aromatic carbocycles. The standard InChI is InChI=1S/C50H78N2O4/c1-5-6-7-8-9-10-11-12-13-14-15-16-17-18-19-20-21-22-23-24-47(56)52-34-31-40(37-52)51-46(55)28-25-38(2)42-26-27-43-48-44(30-33-50(42,43)4)49(3)32-29-41(53)35-39(49)36-45(48)54/h6-7,9-10,12-13,15-16,18-19,21-22,38-45,48,53-54H,5,8,11,14,17,20,23-37H2,1-4H3,(H,51,55). The van der Waals surface area contributed by atoms with Gasteiger partial charge in [0.25, 0.3) is 0 Å². The van der Waals surface area contributed by atoms with E-state index in [2.05, 4.69) is 106 Å². The van der Waals surface area contributed by atoms with E-state index < -0.39 is 0 Å². The van der Waals surface area contributed by atoms with Gasteiger partial charge in [-0.2, -0.15) is 0 Å². The molecule has 4 saturated carbocycles. The number of hydrogen-bond donors (Lipinski definition) is 3. The molecular weight excluding hydrogens is 693 g/mol. The number of aliphatic hydroxyl groups excluding tert-OH is 2. The van der Waals surface area contributed by atoms with Crippen LogP contribution in [0.2, 0.25) is 0 Å². The summed E-state index contributed by atoms with van der Waals surface area (Å²) in [4.78, 5) is 28.0. The van der Waals surface area contributed by atoms with Crippen molar-refractivity contribution in [3.05, 3.63) is 72.9 Å². The maximum Gasteiger partial charge on any atom is 0.222 e. The van der Waals surface area contributed by atoms with Crippen molar-refractivity contribution in [1.29, 1.82) is 0 Å². The average molecular weight is 771 g/mol. The minimum absolute atomic E-state index is 0.0511. The second-order valence-corrected chi connectivity index (χ2v) is 18.8. The Morgan fingerprint density at radius 3 is 1.96 bits per heavy atom. The first kappa shape index (κ1) is 44.4. The van der Waals surface area contributed by atoms with E-state index in [9.17, 15) is 19.8 Å². The molecule has 312 valence electrons. The molecule has 2 amide bonds. The van der Waals surface area contributed by atoms with Crippen LogP contribution in [0.5, 0.6) is 0 Å². The SMILES string of the molecule is CCC=CCC=CCC=CCC=CCC=CCC=CCCC(=O)N1CCC(NC(=O)CCC(C)C2CCC3C4C(O)CC5CC(O)CCC5(C)C4CCC23C)C1. The van der Waals surface area contributed by atoms with Crippen molar-refractivity contribution >= 4 is 11.8 Å². The van der Waals surface area contributed by atoms with Gasteiger partial charge in [-0.15, -0.1) is 0 Å². The number of carbonyl (C=O) groups is 2. The van der Waals surface area contributed by atoms with Gasteiger partial charge < -0.3 is 20.4 Å². The Kier molecular flexibility index (Phi) is 17.4. The first-order valence-electron chi connectivity index (χ1n) is 22.9. The highest BCUT2D eigenvalue weighted by Crippen LogP contribution is 2.68. The van der Waals surface area contributed by atoms with E-state index in [4.69, 9.17) is 0 Å². The molecule has 0 aromatic rings. The van der Waals surface area contributed by atoms with Gasteiger partial charge in [0.05, 0.1) is 12.2 Å². The average Bonchev–Trinajstić information content (AvgIpc) is 3.79. The maximum absolute atomic E-state index is 13.2. The molecule has 3 N–H and O–H groups in total. The van der Waals surface area contributed by atoms with Crippen LogP contribution in [-0.2, 0) is 9.59 Å². The lowest BCUT2D eigenvalue weighted by molar-refractivity contribution is -0.174. The fourth-order valence-corrected chi connectivity index (χ4v) is 12.1. The van der Waals surface area contributed by atoms with Crippen molar-refractivity contribution in [1.82, 2.24) is 10.2 Å². The molecule has 0 bridgehead atoms. The lowest BCUT2D eigenvalue weighted by atomic mass is 9.43. The lowest BCUT2D eigenvalue weighted by Crippen LogP contribution is -2.58. The summed E-state index contributed by atoms with van der Waals surface area (Å²) >= 11 is 0. The van der Waals surface area contributed by atoms with Gasteiger partial charge in [0, 0.05) is 32.0 Å². The third-order valence-corrected chi connectivity index (χ3v) is 15.3. The summed E-state index contributed by atoms with van der Waals surface area (Å²) in [5, 5.41) is 25.3. The minimum atomic E-state index is -0.248. The smallest absolute Gasteiger partial charge is 0.222 e. The van der Waals surface area contributed by atoms with E-state index in [1.807, 2.05) is 4.90 Å². The zero-order chi connectivity index (χ0) is 40.0. The second-order valence-electron chi connectivity index (χ2n) is 18.8. The minimum Gasteiger partial charge on any atom is -0.393 e. The van der Waals surface area contributed by atoms with Crippen molar-refractivity contribution in [2.24, 2.45) is 46.3 Å². The summed E-state index contributed by atoms with van der Waals surface area (Å²) < 4.78 is 0. The van der Waals surface area contributed by atoms with Crippen molar-refractivity contribution < 1.29 is 19.8 Å². The highest BCUT2D eigenvalue weighted by molar-refractivity contribution is 5.78. The molecule has 4 aliphatic carbocycles. The Balaban J connectivity index is 0.929. The summed E-state index contributed by atoms with van der Waals surface area (Å²) in [6.07, 6.45) is 43.9. The maximum atomic E-state index is 13.2. The number of likely N-dealkylation sites (tertiary alicyclic amines) is 1. The Morgan fingerprint density at radius 1 is 0.732 bits per heavy atom. The Labute approximate surface area is 341 Å². The molecule has 5 aliphatic rings. The van der Waals surface area contributed by atoms with Gasteiger partial charge in [-0.25, -0.2) is 0 Å². The van der Waals surface area contributed by atoms with Gasteiger partial charge in [0.2, 0.25) is 11.8 Å². The number of aliphatic hydroxyl groups is 2. The van der Waals surface area contributed by atoms with E-state index >= 15 is 0 Å². The van der Waals surface area contributed by atoms with E-state index in [1.54, 1.807) is 0 Å². The van der Waals surface area contributed by atoms with Crippen LogP contribution >= 0.6 is 0 Å². The van der Waals surface area contributed by atoms with Crippen LogP contribution in [0, 0.1) is 46.3 Å². The molecule has 0 radical (unpaired) electrons. The van der Waals surface area contributed by atoms with E-state index in [0.717, 1.165) is 90.0 Å². The molecule has 1 heterocycles. The van der Waals surface area contributed by atoms with Gasteiger partial charge in [-0.3, -0.25) is 9.59 Å². The second kappa shape index (κ2) is 21.9. The number of nitrogens with one attached hydrogen (secondary N) is 1. The molecule has 5 fully saturated rings. The van der Waals surface area contributed by atoms with Crippen LogP contribution in [0.15, 0.2) is 72.9 Å². The number of amides is 2. The number of fused-ring (bicyclic) bond motifs is 5. The fraction of sp³-hybridized carbons (Fsp3) is 0.720. The number of carbonyl (C=O) groups excluding carboxylic acids is 2. The molecule has 6 heteroatoms. The molecule has 1 saturated heterocycles. The first-order chi connectivity index (χ1) is 27.1. The highest BCUT2D eigenvalue weighted by atomic mass is 16.3. The van der Waals surface area contributed by atoms with Gasteiger partial charge in [-0.05, 0) is 155 Å². The predicted octanol–water partition coefficient (Wildman–Crippen LogP) is 10.6. The fourth-order valence-electron chi connectivity index (χ4n) is 12.1. The van der Waals surface area contributed by atoms with Crippen LogP contribution in [-0.4, -0.2) is 58.3 Å². The van der Waals surface area contributed by atoms with Crippen molar-refractivity contribution in [3.8, 4) is 0 Å². The Morgan fingerprint density at radius 2 is 1.32 bits per heavy atom. The molecule has 56 heavy (non-hydrogen) atoms. The highest BCUT2D eigenvalue weighted by Gasteiger charge is 2.62. The van der Waals surface area contributed by atoms with Crippen LogP contribution < -0.4 is 5.32 Å². The molecule has 0 spiro atoms. The normalized spacial score (nSPS) is 35.4. The molecule has 5 rings (SSSR count). The zero-order valence-electron chi connectivity index (χ0n) is 35.6. The lowest BCUT2D eigenvalue weighted by Gasteiger charge is -2.62. The van der Waals surface area contributed by atoms with Crippen molar-refractivity contribution in [2.45, 2.75) is 168 Å². The number of hydrogen-bond acceptors (Lipinski definition) is 4. The number of nitrogens with zero attached hydrogens (tertiary/aromatic N) is 1. The summed E-state index contributed by atoms with van der Waals surface area (Å²) in [5.74, 6) is 3.31. The largest absolute Gasteiger partial charge is 0.393 e. The van der Waals surface area contributed by atoms with Crippen LogP contribution in [0.25, 0.3) is 0 Å². The first-order valence-corrected chi connectivity index (χ1v) is 22.9. The topological polar surface area (TPSA) is 89.9 Å². The molecule has 11 unspecified atom stereocenters. The monoisotopic (exact) mass is 771 g/mol. The molecule has 1 aliphatic heterocycles. The number of rotatable bonds is 19.